The molecule has 0 unspecified atom stereocenters. The van der Waals surface area contributed by atoms with Gasteiger partial charge in [-0.3, -0.25) is 0 Å². The van der Waals surface area contributed by atoms with E-state index in [1.165, 1.54) is 7.11 Å². The van der Waals surface area contributed by atoms with Crippen molar-refractivity contribution in [2.75, 3.05) is 7.11 Å². The Labute approximate surface area is 70.2 Å². The van der Waals surface area contributed by atoms with Gasteiger partial charge in [0.1, 0.15) is 0 Å². The molecule has 0 heterocycles. The summed E-state index contributed by atoms with van der Waals surface area (Å²) < 4.78 is 4.79. The van der Waals surface area contributed by atoms with Crippen molar-refractivity contribution in [3.8, 4) is 11.5 Å². The first-order valence-electron chi connectivity index (χ1n) is 2.66. The van der Waals surface area contributed by atoms with E-state index >= 15 is 0 Å². The van der Waals surface area contributed by atoms with Crippen molar-refractivity contribution in [3.05, 3.63) is 24.3 Å². The first-order valence-corrected chi connectivity index (χ1v) is 2.66. The maximum absolute atomic E-state index is 8.99. The van der Waals surface area contributed by atoms with Gasteiger partial charge in [-0.05, 0) is 12.1 Å². The van der Waals surface area contributed by atoms with Crippen molar-refractivity contribution >= 4 is 17.0 Å². The lowest BCUT2D eigenvalue weighted by Crippen LogP contribution is -1.80. The number of hydrogen-bond acceptors (Lipinski definition) is 2. The minimum absolute atomic E-state index is 0. The van der Waals surface area contributed by atoms with Gasteiger partial charge in [0, 0.05) is 0 Å². The molecule has 0 saturated heterocycles. The molecule has 0 bridgehead atoms. The first kappa shape index (κ1) is 9.30. The van der Waals surface area contributed by atoms with Gasteiger partial charge in [0.25, 0.3) is 0 Å². The van der Waals surface area contributed by atoms with Crippen molar-refractivity contribution in [3.63, 3.8) is 0 Å². The van der Waals surface area contributed by atoms with Gasteiger partial charge in [0.2, 0.25) is 0 Å². The average Bonchev–Trinajstić information content (AvgIpc) is 1.89. The maximum Gasteiger partial charge on any atom is 0.160 e. The number of halogens is 1. The summed E-state index contributed by atoms with van der Waals surface area (Å²) >= 11 is 0. The highest BCUT2D eigenvalue weighted by Gasteiger charge is 1.94. The molecule has 1 aromatic carbocycles. The highest BCUT2D eigenvalue weighted by atomic mass is 79.9. The SMILES string of the molecule is Br.COc1ccccc1O. The summed E-state index contributed by atoms with van der Waals surface area (Å²) in [6.45, 7) is 0. The predicted molar refractivity (Wildman–Crippen MR) is 45.0 cm³/mol. The van der Waals surface area contributed by atoms with E-state index in [2.05, 4.69) is 0 Å². The Hall–Kier alpha value is -0.700. The molecule has 0 amide bonds. The van der Waals surface area contributed by atoms with Gasteiger partial charge in [-0.25, -0.2) is 0 Å². The van der Waals surface area contributed by atoms with Crippen molar-refractivity contribution in [1.82, 2.24) is 0 Å². The van der Waals surface area contributed by atoms with Crippen LogP contribution in [0, 0.1) is 0 Å². The van der Waals surface area contributed by atoms with Crippen LogP contribution in [0.15, 0.2) is 24.3 Å². The van der Waals surface area contributed by atoms with Crippen molar-refractivity contribution < 1.29 is 9.84 Å². The van der Waals surface area contributed by atoms with Gasteiger partial charge in [0.05, 0.1) is 7.11 Å². The zero-order valence-corrected chi connectivity index (χ0v) is 7.29. The molecule has 0 fully saturated rings. The molecule has 0 aliphatic carbocycles. The Kier molecular flexibility index (Phi) is 3.88. The number of benzene rings is 1. The van der Waals surface area contributed by atoms with Crippen LogP contribution in [-0.4, -0.2) is 12.2 Å². The lowest BCUT2D eigenvalue weighted by Gasteiger charge is -1.99. The van der Waals surface area contributed by atoms with E-state index in [1.54, 1.807) is 24.3 Å². The highest BCUT2D eigenvalue weighted by Crippen LogP contribution is 2.22. The largest absolute Gasteiger partial charge is 0.504 e. The number of ether oxygens (including phenoxy) is 1. The molecule has 1 aromatic rings. The summed E-state index contributed by atoms with van der Waals surface area (Å²) in [7, 11) is 1.52. The molecular weight excluding hydrogens is 196 g/mol. The number of rotatable bonds is 1. The summed E-state index contributed by atoms with van der Waals surface area (Å²) in [5, 5.41) is 8.99. The third-order valence-corrected chi connectivity index (χ3v) is 1.09. The number of para-hydroxylation sites is 2. The van der Waals surface area contributed by atoms with Crippen LogP contribution in [0.5, 0.6) is 11.5 Å². The van der Waals surface area contributed by atoms with Gasteiger partial charge in [0.15, 0.2) is 11.5 Å². The third kappa shape index (κ3) is 1.92. The van der Waals surface area contributed by atoms with Gasteiger partial charge < -0.3 is 9.84 Å². The van der Waals surface area contributed by atoms with Crippen molar-refractivity contribution in [1.29, 1.82) is 0 Å². The van der Waals surface area contributed by atoms with Crippen LogP contribution in [0.1, 0.15) is 0 Å². The minimum atomic E-state index is 0. The van der Waals surface area contributed by atoms with Gasteiger partial charge in [-0.15, -0.1) is 17.0 Å². The van der Waals surface area contributed by atoms with Crippen LogP contribution >= 0.6 is 17.0 Å². The summed E-state index contributed by atoms with van der Waals surface area (Å²) in [6, 6.07) is 6.84. The predicted octanol–water partition coefficient (Wildman–Crippen LogP) is 1.98. The standard InChI is InChI=1S/C7H8O2.BrH/c1-9-7-5-3-2-4-6(7)8;/h2-5,8H,1H3;1H. The molecule has 0 spiro atoms. The van der Waals surface area contributed by atoms with Crippen LogP contribution in [0.4, 0.5) is 0 Å². The van der Waals surface area contributed by atoms with Crippen molar-refractivity contribution in [2.45, 2.75) is 0 Å². The fourth-order valence-electron chi connectivity index (χ4n) is 0.630. The second-order valence-corrected chi connectivity index (χ2v) is 1.67. The number of phenolic OH excluding ortho intramolecular Hbond substituents is 1. The second-order valence-electron chi connectivity index (χ2n) is 1.67. The number of methoxy groups -OCH3 is 1. The van der Waals surface area contributed by atoms with Crippen LogP contribution in [-0.2, 0) is 0 Å². The zero-order chi connectivity index (χ0) is 6.69. The van der Waals surface area contributed by atoms with Gasteiger partial charge >= 0.3 is 0 Å². The molecule has 0 aromatic heterocycles. The Morgan fingerprint density at radius 1 is 1.30 bits per heavy atom. The molecule has 56 valence electrons. The van der Waals surface area contributed by atoms with Crippen LogP contribution < -0.4 is 4.74 Å². The fourth-order valence-corrected chi connectivity index (χ4v) is 0.630. The van der Waals surface area contributed by atoms with Crippen LogP contribution in [0.3, 0.4) is 0 Å². The summed E-state index contributed by atoms with van der Waals surface area (Å²) in [5.74, 6) is 0.692. The zero-order valence-electron chi connectivity index (χ0n) is 5.57. The highest BCUT2D eigenvalue weighted by molar-refractivity contribution is 8.93. The summed E-state index contributed by atoms with van der Waals surface area (Å²) in [6.07, 6.45) is 0. The number of aromatic hydroxyl groups is 1. The molecule has 2 nitrogen and oxygen atoms in total. The van der Waals surface area contributed by atoms with E-state index in [0.717, 1.165) is 0 Å². The van der Waals surface area contributed by atoms with Crippen LogP contribution in [0.25, 0.3) is 0 Å². The molecule has 3 heteroatoms. The Morgan fingerprint density at radius 3 is 2.30 bits per heavy atom. The van der Waals surface area contributed by atoms with Gasteiger partial charge in [-0.2, -0.15) is 0 Å². The molecule has 1 rings (SSSR count). The van der Waals surface area contributed by atoms with E-state index in [0.29, 0.717) is 5.75 Å². The molecule has 10 heavy (non-hydrogen) atoms. The average molecular weight is 205 g/mol. The Morgan fingerprint density at radius 2 is 1.90 bits per heavy atom. The monoisotopic (exact) mass is 204 g/mol. The number of phenols is 1. The molecule has 0 saturated carbocycles. The summed E-state index contributed by atoms with van der Waals surface area (Å²) in [5.41, 5.74) is 0. The molecule has 0 atom stereocenters. The summed E-state index contributed by atoms with van der Waals surface area (Å²) in [4.78, 5) is 0. The minimum Gasteiger partial charge on any atom is -0.504 e. The normalized spacial score (nSPS) is 8.10. The molecule has 1 N–H and O–H groups in total. The van der Waals surface area contributed by atoms with E-state index in [4.69, 9.17) is 9.84 Å². The molecule has 0 aliphatic heterocycles. The first-order chi connectivity index (χ1) is 4.34. The fraction of sp³-hybridized carbons (Fsp3) is 0.143. The number of hydrogen-bond donors (Lipinski definition) is 1. The molecular formula is C7H9BrO2. The lowest BCUT2D eigenvalue weighted by atomic mass is 10.3. The quantitative estimate of drug-likeness (QED) is 0.759. The van der Waals surface area contributed by atoms with E-state index < -0.39 is 0 Å². The van der Waals surface area contributed by atoms with E-state index in [9.17, 15) is 0 Å². The molecule has 0 radical (unpaired) electrons. The molecule has 0 aliphatic rings. The topological polar surface area (TPSA) is 29.5 Å². The Bertz CT molecular complexity index is 201. The smallest absolute Gasteiger partial charge is 0.160 e. The Balaban J connectivity index is 0.000000810. The van der Waals surface area contributed by atoms with Crippen LogP contribution in [0.2, 0.25) is 0 Å². The van der Waals surface area contributed by atoms with E-state index in [1.807, 2.05) is 0 Å². The third-order valence-electron chi connectivity index (χ3n) is 1.09. The van der Waals surface area contributed by atoms with Crippen molar-refractivity contribution in [2.24, 2.45) is 0 Å². The maximum atomic E-state index is 8.99. The van der Waals surface area contributed by atoms with Gasteiger partial charge in [-0.1, -0.05) is 12.1 Å². The lowest BCUT2D eigenvalue weighted by molar-refractivity contribution is 0.373. The van der Waals surface area contributed by atoms with E-state index in [-0.39, 0.29) is 22.7 Å². The second kappa shape index (κ2) is 4.17.